The van der Waals surface area contributed by atoms with E-state index in [4.69, 9.17) is 5.11 Å². The number of carboxylic acids is 1. The molecule has 6 heteroatoms. The Kier molecular flexibility index (Phi) is 4.48. The molecule has 1 aromatic carbocycles. The number of rotatable bonds is 5. The third-order valence-electron chi connectivity index (χ3n) is 2.77. The lowest BCUT2D eigenvalue weighted by molar-refractivity contribution is -0.137. The third kappa shape index (κ3) is 2.88. The van der Waals surface area contributed by atoms with Gasteiger partial charge in [-0.2, -0.15) is 0 Å². The Hall–Kier alpha value is -1.40. The fraction of sp³-hybridized carbons (Fsp3) is 0.417. The van der Waals surface area contributed by atoms with Crippen LogP contribution in [0.4, 0.5) is 0 Å². The molecule has 0 aliphatic carbocycles. The predicted octanol–water partition coefficient (Wildman–Crippen LogP) is 1.18. The van der Waals surface area contributed by atoms with E-state index in [9.17, 15) is 13.2 Å². The van der Waals surface area contributed by atoms with Gasteiger partial charge in [0.1, 0.15) is 0 Å². The zero-order valence-corrected chi connectivity index (χ0v) is 11.3. The Balaban J connectivity index is 3.26. The van der Waals surface area contributed by atoms with Crippen LogP contribution in [0.3, 0.4) is 0 Å². The molecular weight excluding hydrogens is 256 g/mol. The maximum Gasteiger partial charge on any atom is 0.324 e. The first-order valence-electron chi connectivity index (χ1n) is 5.33. The van der Waals surface area contributed by atoms with Gasteiger partial charge in [-0.05, 0) is 37.1 Å². The number of methoxy groups -OCH3 is 1. The summed E-state index contributed by atoms with van der Waals surface area (Å²) in [5, 5.41) is 7.39. The number of aliphatic carboxylic acids is 1. The standard InChI is InChI=1S/C12H16O5S/c1-8-4-5-10(6-9(8)2)18(15,16)11(7-17-3)12(13)14/h4-6,11H,7H2,1-3H3,(H,13,14). The van der Waals surface area contributed by atoms with Crippen LogP contribution in [-0.2, 0) is 19.4 Å². The Labute approximate surface area is 106 Å². The predicted molar refractivity (Wildman–Crippen MR) is 66.4 cm³/mol. The Bertz CT molecular complexity index is 548. The molecule has 0 amide bonds. The van der Waals surface area contributed by atoms with Crippen LogP contribution < -0.4 is 0 Å². The van der Waals surface area contributed by atoms with E-state index >= 15 is 0 Å². The van der Waals surface area contributed by atoms with Crippen molar-refractivity contribution in [3.63, 3.8) is 0 Å². The Morgan fingerprint density at radius 1 is 1.33 bits per heavy atom. The quantitative estimate of drug-likeness (QED) is 0.870. The monoisotopic (exact) mass is 272 g/mol. The van der Waals surface area contributed by atoms with E-state index in [2.05, 4.69) is 4.74 Å². The van der Waals surface area contributed by atoms with Gasteiger partial charge in [0.25, 0.3) is 0 Å². The topological polar surface area (TPSA) is 80.7 Å². The summed E-state index contributed by atoms with van der Waals surface area (Å²) >= 11 is 0. The van der Waals surface area contributed by atoms with Crippen LogP contribution in [0.25, 0.3) is 0 Å². The molecule has 0 bridgehead atoms. The lowest BCUT2D eigenvalue weighted by Crippen LogP contribution is -2.34. The minimum atomic E-state index is -3.93. The average molecular weight is 272 g/mol. The number of carboxylic acid groups (broad SMARTS) is 1. The summed E-state index contributed by atoms with van der Waals surface area (Å²) in [6.45, 7) is 3.26. The number of aryl methyl sites for hydroxylation is 2. The molecule has 1 unspecified atom stereocenters. The SMILES string of the molecule is COCC(C(=O)O)S(=O)(=O)c1ccc(C)c(C)c1. The third-order valence-corrected chi connectivity index (χ3v) is 4.77. The molecule has 5 nitrogen and oxygen atoms in total. The highest BCUT2D eigenvalue weighted by molar-refractivity contribution is 7.92. The van der Waals surface area contributed by atoms with Crippen molar-refractivity contribution in [1.82, 2.24) is 0 Å². The van der Waals surface area contributed by atoms with Crippen LogP contribution in [0.5, 0.6) is 0 Å². The summed E-state index contributed by atoms with van der Waals surface area (Å²) in [6.07, 6.45) is 0. The van der Waals surface area contributed by atoms with Gasteiger partial charge in [-0.3, -0.25) is 4.79 Å². The number of hydrogen-bond donors (Lipinski definition) is 1. The zero-order chi connectivity index (χ0) is 13.9. The number of hydrogen-bond acceptors (Lipinski definition) is 4. The summed E-state index contributed by atoms with van der Waals surface area (Å²) in [6, 6.07) is 4.56. The number of ether oxygens (including phenoxy) is 1. The van der Waals surface area contributed by atoms with Crippen LogP contribution in [0.2, 0.25) is 0 Å². The maximum atomic E-state index is 12.2. The number of benzene rings is 1. The molecule has 100 valence electrons. The van der Waals surface area contributed by atoms with Gasteiger partial charge in [-0.1, -0.05) is 6.07 Å². The van der Waals surface area contributed by atoms with Gasteiger partial charge in [-0.15, -0.1) is 0 Å². The zero-order valence-electron chi connectivity index (χ0n) is 10.5. The summed E-state index contributed by atoms with van der Waals surface area (Å²) in [5.41, 5.74) is 1.75. The molecular formula is C12H16O5S. The highest BCUT2D eigenvalue weighted by Gasteiger charge is 2.34. The molecule has 0 fully saturated rings. The summed E-state index contributed by atoms with van der Waals surface area (Å²) in [7, 11) is -2.66. The summed E-state index contributed by atoms with van der Waals surface area (Å²) in [4.78, 5) is 11.0. The van der Waals surface area contributed by atoms with Crippen LogP contribution in [0, 0.1) is 13.8 Å². The first kappa shape index (κ1) is 14.7. The van der Waals surface area contributed by atoms with Crippen molar-refractivity contribution < 1.29 is 23.1 Å². The van der Waals surface area contributed by atoms with Crippen LogP contribution in [0.15, 0.2) is 23.1 Å². The van der Waals surface area contributed by atoms with Crippen molar-refractivity contribution in [1.29, 1.82) is 0 Å². The smallest absolute Gasteiger partial charge is 0.324 e. The van der Waals surface area contributed by atoms with Crippen molar-refractivity contribution in [3.8, 4) is 0 Å². The molecule has 1 aromatic rings. The van der Waals surface area contributed by atoms with Crippen molar-refractivity contribution in [2.24, 2.45) is 0 Å². The van der Waals surface area contributed by atoms with E-state index in [-0.39, 0.29) is 11.5 Å². The molecule has 1 rings (SSSR count). The molecule has 1 atom stereocenters. The van der Waals surface area contributed by atoms with E-state index in [0.29, 0.717) is 0 Å². The second-order valence-corrected chi connectivity index (χ2v) is 6.20. The largest absolute Gasteiger partial charge is 0.480 e. The lowest BCUT2D eigenvalue weighted by atomic mass is 10.1. The van der Waals surface area contributed by atoms with Gasteiger partial charge in [0.15, 0.2) is 15.1 Å². The van der Waals surface area contributed by atoms with E-state index in [1.54, 1.807) is 13.0 Å². The molecule has 0 saturated carbocycles. The fourth-order valence-corrected chi connectivity index (χ4v) is 3.01. The van der Waals surface area contributed by atoms with Crippen LogP contribution in [-0.4, -0.2) is 38.5 Å². The minimum Gasteiger partial charge on any atom is -0.480 e. The van der Waals surface area contributed by atoms with E-state index < -0.39 is 21.1 Å². The number of sulfone groups is 1. The van der Waals surface area contributed by atoms with Crippen molar-refractivity contribution in [3.05, 3.63) is 29.3 Å². The van der Waals surface area contributed by atoms with E-state index in [1.807, 2.05) is 6.92 Å². The van der Waals surface area contributed by atoms with Crippen molar-refractivity contribution in [2.75, 3.05) is 13.7 Å². The van der Waals surface area contributed by atoms with Crippen molar-refractivity contribution >= 4 is 15.8 Å². The molecule has 0 spiro atoms. The second-order valence-electron chi connectivity index (χ2n) is 4.07. The molecule has 0 aliphatic heterocycles. The van der Waals surface area contributed by atoms with Crippen LogP contribution >= 0.6 is 0 Å². The first-order chi connectivity index (χ1) is 8.30. The Morgan fingerprint density at radius 2 is 1.94 bits per heavy atom. The molecule has 0 aliphatic rings. The summed E-state index contributed by atoms with van der Waals surface area (Å²) < 4.78 is 29.0. The maximum absolute atomic E-state index is 12.2. The normalized spacial score (nSPS) is 13.3. The summed E-state index contributed by atoms with van der Waals surface area (Å²) in [5.74, 6) is -1.41. The van der Waals surface area contributed by atoms with Gasteiger partial charge >= 0.3 is 5.97 Å². The Morgan fingerprint density at radius 3 is 2.39 bits per heavy atom. The minimum absolute atomic E-state index is 0.00931. The second kappa shape index (κ2) is 5.49. The molecule has 1 N–H and O–H groups in total. The molecule has 18 heavy (non-hydrogen) atoms. The molecule has 0 radical (unpaired) electrons. The fourth-order valence-electron chi connectivity index (χ4n) is 1.50. The van der Waals surface area contributed by atoms with Gasteiger partial charge in [-0.25, -0.2) is 8.42 Å². The van der Waals surface area contributed by atoms with Crippen LogP contribution in [0.1, 0.15) is 11.1 Å². The van der Waals surface area contributed by atoms with Gasteiger partial charge < -0.3 is 9.84 Å². The van der Waals surface area contributed by atoms with Gasteiger partial charge in [0, 0.05) is 7.11 Å². The van der Waals surface area contributed by atoms with Gasteiger partial charge in [0.05, 0.1) is 11.5 Å². The molecule has 0 saturated heterocycles. The molecule has 0 aromatic heterocycles. The van der Waals surface area contributed by atoms with E-state index in [1.165, 1.54) is 19.2 Å². The van der Waals surface area contributed by atoms with Gasteiger partial charge in [0.2, 0.25) is 0 Å². The number of carbonyl (C=O) groups is 1. The lowest BCUT2D eigenvalue weighted by Gasteiger charge is -2.13. The van der Waals surface area contributed by atoms with E-state index in [0.717, 1.165) is 11.1 Å². The molecule has 0 heterocycles. The highest BCUT2D eigenvalue weighted by Crippen LogP contribution is 2.20. The first-order valence-corrected chi connectivity index (χ1v) is 6.88. The highest BCUT2D eigenvalue weighted by atomic mass is 32.2. The van der Waals surface area contributed by atoms with Crippen molar-refractivity contribution in [2.45, 2.75) is 24.0 Å². The average Bonchev–Trinajstić information content (AvgIpc) is 2.28.